The summed E-state index contributed by atoms with van der Waals surface area (Å²) in [5.74, 6) is -2.10. The van der Waals surface area contributed by atoms with Gasteiger partial charge in [0.05, 0.1) is 0 Å². The molecule has 0 spiro atoms. The fraction of sp³-hybridized carbons (Fsp3) is 0.444. The first-order valence-corrected chi connectivity index (χ1v) is 8.30. The predicted molar refractivity (Wildman–Crippen MR) is 93.8 cm³/mol. The lowest BCUT2D eigenvalue weighted by Gasteiger charge is -2.22. The molecule has 1 fully saturated rings. The van der Waals surface area contributed by atoms with Crippen LogP contribution in [0.5, 0.6) is 0 Å². The van der Waals surface area contributed by atoms with Gasteiger partial charge in [-0.25, -0.2) is 9.59 Å². The van der Waals surface area contributed by atoms with E-state index < -0.39 is 35.5 Å². The molecule has 9 nitrogen and oxygen atoms in total. The van der Waals surface area contributed by atoms with Crippen molar-refractivity contribution in [2.45, 2.75) is 51.7 Å². The van der Waals surface area contributed by atoms with Crippen LogP contribution in [0.4, 0.5) is 4.79 Å². The number of carbonyl (C=O) groups excluding carboxylic acids is 3. The summed E-state index contributed by atoms with van der Waals surface area (Å²) < 4.78 is 5.04. The van der Waals surface area contributed by atoms with Crippen molar-refractivity contribution in [1.82, 2.24) is 10.4 Å². The van der Waals surface area contributed by atoms with Crippen molar-refractivity contribution >= 4 is 23.9 Å². The third-order valence-corrected chi connectivity index (χ3v) is 3.30. The van der Waals surface area contributed by atoms with E-state index in [4.69, 9.17) is 15.1 Å². The zero-order valence-corrected chi connectivity index (χ0v) is 15.5. The molecule has 1 atom stereocenters. The number of hydroxylamine groups is 2. The molecular weight excluding hydrogens is 356 g/mol. The van der Waals surface area contributed by atoms with E-state index in [2.05, 4.69) is 5.32 Å². The summed E-state index contributed by atoms with van der Waals surface area (Å²) in [6, 6.07) is 8.11. The molecule has 148 valence electrons. The van der Waals surface area contributed by atoms with E-state index in [1.54, 1.807) is 20.8 Å². The Morgan fingerprint density at radius 3 is 2.04 bits per heavy atom. The molecule has 0 bridgehead atoms. The van der Waals surface area contributed by atoms with Gasteiger partial charge in [-0.1, -0.05) is 30.3 Å². The summed E-state index contributed by atoms with van der Waals surface area (Å²) in [5, 5.41) is 20.0. The maximum Gasteiger partial charge on any atom is 0.408 e. The van der Waals surface area contributed by atoms with E-state index in [0.717, 1.165) is 5.56 Å². The molecule has 1 heterocycles. The Labute approximate surface area is 156 Å². The highest BCUT2D eigenvalue weighted by atomic mass is 16.6. The Morgan fingerprint density at radius 2 is 1.67 bits per heavy atom. The number of benzene rings is 1. The van der Waals surface area contributed by atoms with Gasteiger partial charge in [0.15, 0.2) is 0 Å². The molecule has 1 aromatic rings. The minimum Gasteiger partial charge on any atom is -0.480 e. The molecule has 9 heteroatoms. The van der Waals surface area contributed by atoms with E-state index >= 15 is 0 Å². The van der Waals surface area contributed by atoms with Gasteiger partial charge in [0.2, 0.25) is 0 Å². The first-order chi connectivity index (χ1) is 12.5. The molecule has 1 saturated heterocycles. The first-order valence-electron chi connectivity index (χ1n) is 8.30. The molecule has 0 radical (unpaired) electrons. The monoisotopic (exact) mass is 380 g/mol. The van der Waals surface area contributed by atoms with Crippen LogP contribution in [0.15, 0.2) is 30.3 Å². The molecule has 3 N–H and O–H groups in total. The zero-order chi connectivity index (χ0) is 20.6. The number of carboxylic acids is 1. The van der Waals surface area contributed by atoms with Crippen LogP contribution in [0.3, 0.4) is 0 Å². The van der Waals surface area contributed by atoms with Gasteiger partial charge in [-0.05, 0) is 26.3 Å². The second-order valence-electron chi connectivity index (χ2n) is 6.83. The maximum absolute atomic E-state index is 11.6. The highest BCUT2D eigenvalue weighted by molar-refractivity contribution is 6.00. The maximum atomic E-state index is 11.6. The third kappa shape index (κ3) is 8.32. The number of imide groups is 1. The van der Waals surface area contributed by atoms with Crippen LogP contribution in [0.2, 0.25) is 0 Å². The molecule has 0 unspecified atom stereocenters. The first kappa shape index (κ1) is 22.1. The van der Waals surface area contributed by atoms with E-state index in [1.807, 2.05) is 30.3 Å². The molecule has 27 heavy (non-hydrogen) atoms. The van der Waals surface area contributed by atoms with Gasteiger partial charge in [0.1, 0.15) is 11.6 Å². The SMILES string of the molecule is CC(C)(C)OC(=O)N[C@@H](Cc1ccccc1)C(=O)O.O=C1CCC(=O)N1O. The average molecular weight is 380 g/mol. The third-order valence-electron chi connectivity index (χ3n) is 3.30. The summed E-state index contributed by atoms with van der Waals surface area (Å²) in [7, 11) is 0. The summed E-state index contributed by atoms with van der Waals surface area (Å²) in [6.45, 7) is 5.17. The molecule has 1 aromatic carbocycles. The number of rotatable bonds is 4. The van der Waals surface area contributed by atoms with Crippen molar-refractivity contribution < 1.29 is 34.2 Å². The number of hydrogen-bond donors (Lipinski definition) is 3. The smallest absolute Gasteiger partial charge is 0.408 e. The van der Waals surface area contributed by atoms with Crippen LogP contribution in [-0.2, 0) is 25.5 Å². The number of aliphatic carboxylic acids is 1. The molecule has 3 amide bonds. The van der Waals surface area contributed by atoms with E-state index in [1.165, 1.54) is 0 Å². The van der Waals surface area contributed by atoms with Gasteiger partial charge in [0, 0.05) is 19.3 Å². The molecule has 0 aliphatic carbocycles. The van der Waals surface area contributed by atoms with Crippen molar-refractivity contribution in [2.24, 2.45) is 0 Å². The van der Waals surface area contributed by atoms with Crippen molar-refractivity contribution in [3.05, 3.63) is 35.9 Å². The Balaban J connectivity index is 0.000000377. The van der Waals surface area contributed by atoms with Gasteiger partial charge in [0.25, 0.3) is 11.8 Å². The highest BCUT2D eigenvalue weighted by Crippen LogP contribution is 2.09. The molecule has 1 aliphatic heterocycles. The lowest BCUT2D eigenvalue weighted by atomic mass is 10.1. The summed E-state index contributed by atoms with van der Waals surface area (Å²) in [5.41, 5.74) is 0.186. The van der Waals surface area contributed by atoms with Crippen LogP contribution in [0, 0.1) is 0 Å². The summed E-state index contributed by atoms with van der Waals surface area (Å²) in [4.78, 5) is 43.2. The largest absolute Gasteiger partial charge is 0.480 e. The number of carbonyl (C=O) groups is 4. The number of nitrogens with zero attached hydrogens (tertiary/aromatic N) is 1. The second-order valence-corrected chi connectivity index (χ2v) is 6.83. The Bertz CT molecular complexity index is 667. The van der Waals surface area contributed by atoms with Gasteiger partial charge < -0.3 is 15.2 Å². The Hall–Kier alpha value is -2.94. The molecule has 2 rings (SSSR count). The van der Waals surface area contributed by atoms with Crippen LogP contribution in [-0.4, -0.2) is 50.9 Å². The number of carboxylic acid groups (broad SMARTS) is 1. The Morgan fingerprint density at radius 1 is 1.15 bits per heavy atom. The number of hydrogen-bond acceptors (Lipinski definition) is 6. The fourth-order valence-electron chi connectivity index (χ4n) is 2.06. The van der Waals surface area contributed by atoms with Crippen molar-refractivity contribution in [2.75, 3.05) is 0 Å². The van der Waals surface area contributed by atoms with E-state index in [-0.39, 0.29) is 24.3 Å². The zero-order valence-electron chi connectivity index (χ0n) is 15.5. The normalized spacial score (nSPS) is 14.9. The standard InChI is InChI=1S/C14H19NO4.C4H5NO3/c1-14(2,3)19-13(18)15-11(12(16)17)9-10-7-5-4-6-8-10;6-3-1-2-4(7)5(3)8/h4-8,11H,9H2,1-3H3,(H,15,18)(H,16,17);8H,1-2H2/t11-;/m0./s1. The molecule has 0 aromatic heterocycles. The van der Waals surface area contributed by atoms with Gasteiger partial charge in [-0.2, -0.15) is 5.06 Å². The fourth-order valence-corrected chi connectivity index (χ4v) is 2.06. The van der Waals surface area contributed by atoms with Crippen LogP contribution in [0.1, 0.15) is 39.2 Å². The number of nitrogens with one attached hydrogen (secondary N) is 1. The number of alkyl carbamates (subject to hydrolysis) is 1. The lowest BCUT2D eigenvalue weighted by Crippen LogP contribution is -2.44. The van der Waals surface area contributed by atoms with Crippen LogP contribution < -0.4 is 5.32 Å². The van der Waals surface area contributed by atoms with Gasteiger partial charge in [-0.15, -0.1) is 0 Å². The predicted octanol–water partition coefficient (Wildman–Crippen LogP) is 1.73. The summed E-state index contributed by atoms with van der Waals surface area (Å²) in [6.07, 6.45) is -0.212. The second kappa shape index (κ2) is 9.67. The number of amides is 3. The van der Waals surface area contributed by atoms with Crippen molar-refractivity contribution in [3.63, 3.8) is 0 Å². The lowest BCUT2D eigenvalue weighted by molar-refractivity contribution is -0.171. The van der Waals surface area contributed by atoms with Gasteiger partial charge >= 0.3 is 12.1 Å². The highest BCUT2D eigenvalue weighted by Gasteiger charge is 2.27. The van der Waals surface area contributed by atoms with Crippen molar-refractivity contribution in [3.8, 4) is 0 Å². The quantitative estimate of drug-likeness (QED) is 0.535. The minimum atomic E-state index is -1.09. The average Bonchev–Trinajstić information content (AvgIpc) is 2.85. The number of ether oxygens (including phenoxy) is 1. The molecule has 0 saturated carbocycles. The summed E-state index contributed by atoms with van der Waals surface area (Å²) >= 11 is 0. The van der Waals surface area contributed by atoms with Gasteiger partial charge in [-0.3, -0.25) is 14.8 Å². The topological polar surface area (TPSA) is 133 Å². The molecule has 1 aliphatic rings. The molecular formula is C18H24N2O7. The van der Waals surface area contributed by atoms with E-state index in [9.17, 15) is 19.2 Å². The van der Waals surface area contributed by atoms with Crippen LogP contribution in [0.25, 0.3) is 0 Å². The Kier molecular flexibility index (Phi) is 7.92. The van der Waals surface area contributed by atoms with Crippen molar-refractivity contribution in [1.29, 1.82) is 0 Å². The van der Waals surface area contributed by atoms with Crippen LogP contribution >= 0.6 is 0 Å². The van der Waals surface area contributed by atoms with E-state index in [0.29, 0.717) is 0 Å². The minimum absolute atomic E-state index is 0.148.